The minimum atomic E-state index is -4.43. The summed E-state index contributed by atoms with van der Waals surface area (Å²) in [5.41, 5.74) is -0.823. The summed E-state index contributed by atoms with van der Waals surface area (Å²) in [6, 6.07) is 4.23. The summed E-state index contributed by atoms with van der Waals surface area (Å²) in [6.07, 6.45) is -1.56. The molecule has 2 rings (SSSR count). The third kappa shape index (κ3) is 1.86. The molecule has 0 bridgehead atoms. The Bertz CT molecular complexity index is 491. The summed E-state index contributed by atoms with van der Waals surface area (Å²) in [5, 5.41) is 13.2. The lowest BCUT2D eigenvalue weighted by Crippen LogP contribution is -2.06. The van der Waals surface area contributed by atoms with Gasteiger partial charge in [0.25, 0.3) is 0 Å². The molecule has 3 nitrogen and oxygen atoms in total. The number of rotatable bonds is 1. The third-order valence-electron chi connectivity index (χ3n) is 2.05. The highest BCUT2D eigenvalue weighted by Gasteiger charge is 2.31. The fourth-order valence-electron chi connectivity index (χ4n) is 1.29. The molecule has 1 aromatic heterocycles. The van der Waals surface area contributed by atoms with Crippen molar-refractivity contribution in [2.75, 3.05) is 0 Å². The van der Waals surface area contributed by atoms with Crippen LogP contribution in [0.1, 0.15) is 5.56 Å². The summed E-state index contributed by atoms with van der Waals surface area (Å²) in [4.78, 5) is 0. The maximum atomic E-state index is 12.4. The normalized spacial score (nSPS) is 11.7. The summed E-state index contributed by atoms with van der Waals surface area (Å²) >= 11 is 0. The predicted octanol–water partition coefficient (Wildman–Crippen LogP) is 2.60. The predicted molar refractivity (Wildman–Crippen MR) is 50.2 cm³/mol. The van der Waals surface area contributed by atoms with E-state index in [4.69, 9.17) is 0 Å². The fraction of sp³-hybridized carbons (Fsp3) is 0.100. The van der Waals surface area contributed by atoms with E-state index in [-0.39, 0.29) is 11.4 Å². The lowest BCUT2D eigenvalue weighted by atomic mass is 10.2. The Kier molecular flexibility index (Phi) is 2.34. The van der Waals surface area contributed by atoms with E-state index >= 15 is 0 Å². The molecule has 0 aliphatic rings. The number of aromatic nitrogens is 2. The van der Waals surface area contributed by atoms with Crippen molar-refractivity contribution in [3.8, 4) is 11.4 Å². The largest absolute Gasteiger partial charge is 0.506 e. The Morgan fingerprint density at radius 2 is 2.00 bits per heavy atom. The Hall–Kier alpha value is -1.98. The van der Waals surface area contributed by atoms with Gasteiger partial charge in [-0.15, -0.1) is 0 Å². The maximum absolute atomic E-state index is 12.4. The highest BCUT2D eigenvalue weighted by Crippen LogP contribution is 2.33. The molecule has 0 spiro atoms. The van der Waals surface area contributed by atoms with Gasteiger partial charge >= 0.3 is 6.18 Å². The molecular formula is C10H7F3N2O. The van der Waals surface area contributed by atoms with Crippen LogP contribution in [0.25, 0.3) is 5.69 Å². The number of phenols is 1. The SMILES string of the molecule is Oc1ccc(C(F)(F)F)cc1-n1cccn1. The van der Waals surface area contributed by atoms with Crippen molar-refractivity contribution in [1.29, 1.82) is 0 Å². The molecule has 0 radical (unpaired) electrons. The molecule has 0 aliphatic heterocycles. The van der Waals surface area contributed by atoms with Crippen LogP contribution in [0.2, 0.25) is 0 Å². The van der Waals surface area contributed by atoms with Crippen LogP contribution in [0.5, 0.6) is 5.75 Å². The second kappa shape index (κ2) is 3.55. The van der Waals surface area contributed by atoms with E-state index in [2.05, 4.69) is 5.10 Å². The van der Waals surface area contributed by atoms with Crippen molar-refractivity contribution < 1.29 is 18.3 Å². The molecule has 16 heavy (non-hydrogen) atoms. The van der Waals surface area contributed by atoms with Gasteiger partial charge in [0.1, 0.15) is 11.4 Å². The molecule has 1 N–H and O–H groups in total. The number of aromatic hydroxyl groups is 1. The van der Waals surface area contributed by atoms with Crippen molar-refractivity contribution in [2.24, 2.45) is 0 Å². The van der Waals surface area contributed by atoms with Gasteiger partial charge in [-0.2, -0.15) is 18.3 Å². The van der Waals surface area contributed by atoms with Gasteiger partial charge in [0, 0.05) is 12.4 Å². The molecule has 0 saturated carbocycles. The van der Waals surface area contributed by atoms with E-state index in [9.17, 15) is 18.3 Å². The van der Waals surface area contributed by atoms with Gasteiger partial charge in [0.15, 0.2) is 0 Å². The topological polar surface area (TPSA) is 38.0 Å². The second-order valence-electron chi connectivity index (χ2n) is 3.15. The van der Waals surface area contributed by atoms with Crippen LogP contribution in [0.15, 0.2) is 36.7 Å². The minimum absolute atomic E-state index is 0.000162. The molecule has 1 heterocycles. The van der Waals surface area contributed by atoms with Gasteiger partial charge in [-0.3, -0.25) is 0 Å². The lowest BCUT2D eigenvalue weighted by Gasteiger charge is -2.10. The lowest BCUT2D eigenvalue weighted by molar-refractivity contribution is -0.137. The number of hydrogen-bond acceptors (Lipinski definition) is 2. The first kappa shape index (κ1) is 10.5. The molecule has 0 atom stereocenters. The van der Waals surface area contributed by atoms with Crippen molar-refractivity contribution in [1.82, 2.24) is 9.78 Å². The minimum Gasteiger partial charge on any atom is -0.506 e. The smallest absolute Gasteiger partial charge is 0.416 e. The van der Waals surface area contributed by atoms with E-state index in [0.29, 0.717) is 0 Å². The first-order chi connectivity index (χ1) is 7.48. The van der Waals surface area contributed by atoms with Gasteiger partial charge in [-0.25, -0.2) is 4.68 Å². The van der Waals surface area contributed by atoms with Crippen molar-refractivity contribution in [3.63, 3.8) is 0 Å². The highest BCUT2D eigenvalue weighted by molar-refractivity contribution is 5.48. The van der Waals surface area contributed by atoms with Crippen LogP contribution in [0, 0.1) is 0 Å². The van der Waals surface area contributed by atoms with Gasteiger partial charge in [-0.1, -0.05) is 0 Å². The van der Waals surface area contributed by atoms with Crippen molar-refractivity contribution >= 4 is 0 Å². The molecule has 0 fully saturated rings. The number of alkyl halides is 3. The Morgan fingerprint density at radius 1 is 1.25 bits per heavy atom. The van der Waals surface area contributed by atoms with Crippen molar-refractivity contribution in [2.45, 2.75) is 6.18 Å². The average Bonchev–Trinajstić information content (AvgIpc) is 2.69. The van der Waals surface area contributed by atoms with E-state index in [1.54, 1.807) is 6.07 Å². The number of hydrogen-bond donors (Lipinski definition) is 1. The molecule has 0 saturated heterocycles. The summed E-state index contributed by atoms with van der Waals surface area (Å²) in [6.45, 7) is 0. The number of halogens is 3. The van der Waals surface area contributed by atoms with Gasteiger partial charge in [0.2, 0.25) is 0 Å². The monoisotopic (exact) mass is 228 g/mol. The quantitative estimate of drug-likeness (QED) is 0.814. The van der Waals surface area contributed by atoms with Gasteiger partial charge in [-0.05, 0) is 24.3 Å². The fourth-order valence-corrected chi connectivity index (χ4v) is 1.29. The molecule has 0 unspecified atom stereocenters. The summed E-state index contributed by atoms with van der Waals surface area (Å²) in [7, 11) is 0. The third-order valence-corrected chi connectivity index (χ3v) is 2.05. The van der Waals surface area contributed by atoms with E-state index in [1.807, 2.05) is 0 Å². The molecule has 0 amide bonds. The first-order valence-electron chi connectivity index (χ1n) is 4.39. The van der Waals surface area contributed by atoms with Crippen LogP contribution in [0.3, 0.4) is 0 Å². The van der Waals surface area contributed by atoms with Crippen LogP contribution in [0.4, 0.5) is 13.2 Å². The first-order valence-corrected chi connectivity index (χ1v) is 4.39. The number of benzene rings is 1. The zero-order valence-electron chi connectivity index (χ0n) is 7.94. The zero-order chi connectivity index (χ0) is 11.8. The maximum Gasteiger partial charge on any atom is 0.416 e. The number of nitrogens with zero attached hydrogens (tertiary/aromatic N) is 2. The van der Waals surface area contributed by atoms with E-state index in [0.717, 1.165) is 18.2 Å². The highest BCUT2D eigenvalue weighted by atomic mass is 19.4. The zero-order valence-corrected chi connectivity index (χ0v) is 7.94. The second-order valence-corrected chi connectivity index (χ2v) is 3.15. The van der Waals surface area contributed by atoms with Crippen LogP contribution >= 0.6 is 0 Å². The van der Waals surface area contributed by atoms with E-state index in [1.165, 1.54) is 17.1 Å². The molecule has 0 aliphatic carbocycles. The molecule has 6 heteroatoms. The molecule has 1 aromatic carbocycles. The van der Waals surface area contributed by atoms with Crippen LogP contribution < -0.4 is 0 Å². The molecule has 2 aromatic rings. The van der Waals surface area contributed by atoms with Crippen LogP contribution in [-0.4, -0.2) is 14.9 Å². The van der Waals surface area contributed by atoms with Gasteiger partial charge in [0.05, 0.1) is 5.56 Å². The Labute approximate surface area is 88.8 Å². The summed E-state index contributed by atoms with van der Waals surface area (Å²) < 4.78 is 38.5. The van der Waals surface area contributed by atoms with E-state index < -0.39 is 11.7 Å². The van der Waals surface area contributed by atoms with Crippen LogP contribution in [-0.2, 0) is 6.18 Å². The Balaban J connectivity index is 2.54. The van der Waals surface area contributed by atoms with Gasteiger partial charge < -0.3 is 5.11 Å². The molecular weight excluding hydrogens is 221 g/mol. The average molecular weight is 228 g/mol. The van der Waals surface area contributed by atoms with Crippen molar-refractivity contribution in [3.05, 3.63) is 42.2 Å². The summed E-state index contributed by atoms with van der Waals surface area (Å²) in [5.74, 6) is -0.253. The molecule has 84 valence electrons. The standard InChI is InChI=1S/C10H7F3N2O/c11-10(12,13)7-2-3-9(16)8(6-7)15-5-1-4-14-15/h1-6,16H. The number of phenolic OH excluding ortho intramolecular Hbond substituents is 1. The Morgan fingerprint density at radius 3 is 2.56 bits per heavy atom.